The van der Waals surface area contributed by atoms with Crippen molar-refractivity contribution in [2.24, 2.45) is 0 Å². The number of nitrogen functional groups attached to an aromatic ring is 1. The second kappa shape index (κ2) is 8.53. The number of benzene rings is 1. The summed E-state index contributed by atoms with van der Waals surface area (Å²) in [5.74, 6) is 1.56. The number of anilines is 1. The molecule has 136 valence electrons. The average Bonchev–Trinajstić information content (AvgIpc) is 2.55. The minimum atomic E-state index is -0.226. The van der Waals surface area contributed by atoms with Gasteiger partial charge in [0.2, 0.25) is 5.95 Å². The van der Waals surface area contributed by atoms with E-state index < -0.39 is 0 Å². The van der Waals surface area contributed by atoms with Crippen molar-refractivity contribution in [3.8, 4) is 11.5 Å². The standard InChI is InChI=1S/C18H26N4O3/c1-12-15(17(23)21-18(19)20-12)10-13-6-7-14(11-16(13)24-4)25-9-5-8-22(2)3/h6-7,11H,5,8-10H2,1-4H3,(H3,19,20,21,23). The smallest absolute Gasteiger partial charge is 0.256 e. The largest absolute Gasteiger partial charge is 0.496 e. The first kappa shape index (κ1) is 18.8. The Kier molecular flexibility index (Phi) is 6.41. The molecule has 1 aromatic carbocycles. The summed E-state index contributed by atoms with van der Waals surface area (Å²) in [6, 6.07) is 5.65. The molecule has 0 aliphatic rings. The van der Waals surface area contributed by atoms with Gasteiger partial charge in [-0.25, -0.2) is 4.98 Å². The third-order valence-corrected chi connectivity index (χ3v) is 3.88. The van der Waals surface area contributed by atoms with Gasteiger partial charge in [0, 0.05) is 24.6 Å². The molecule has 2 rings (SSSR count). The van der Waals surface area contributed by atoms with Gasteiger partial charge in [0.05, 0.1) is 19.4 Å². The lowest BCUT2D eigenvalue weighted by molar-refractivity contribution is 0.280. The molecule has 0 bridgehead atoms. The predicted molar refractivity (Wildman–Crippen MR) is 98.5 cm³/mol. The van der Waals surface area contributed by atoms with Crippen LogP contribution in [-0.2, 0) is 6.42 Å². The first-order valence-corrected chi connectivity index (χ1v) is 8.20. The predicted octanol–water partition coefficient (Wildman–Crippen LogP) is 1.59. The molecule has 3 N–H and O–H groups in total. The number of ether oxygens (including phenoxy) is 2. The normalized spacial score (nSPS) is 10.9. The molecule has 0 saturated heterocycles. The van der Waals surface area contributed by atoms with Gasteiger partial charge in [0.15, 0.2) is 0 Å². The van der Waals surface area contributed by atoms with Crippen molar-refractivity contribution in [2.45, 2.75) is 19.8 Å². The van der Waals surface area contributed by atoms with Crippen molar-refractivity contribution in [3.63, 3.8) is 0 Å². The van der Waals surface area contributed by atoms with Crippen LogP contribution in [-0.4, -0.2) is 49.2 Å². The SMILES string of the molecule is COc1cc(OCCCN(C)C)ccc1Cc1c(C)nc(N)[nH]c1=O. The monoisotopic (exact) mass is 346 g/mol. The van der Waals surface area contributed by atoms with Crippen molar-refractivity contribution in [1.29, 1.82) is 0 Å². The molecule has 0 fully saturated rings. The molecule has 0 atom stereocenters. The van der Waals surface area contributed by atoms with Gasteiger partial charge in [-0.3, -0.25) is 9.78 Å². The zero-order valence-electron chi connectivity index (χ0n) is 15.3. The van der Waals surface area contributed by atoms with Crippen LogP contribution >= 0.6 is 0 Å². The summed E-state index contributed by atoms with van der Waals surface area (Å²) in [6.45, 7) is 3.39. The Morgan fingerprint density at radius 2 is 2.08 bits per heavy atom. The van der Waals surface area contributed by atoms with Gasteiger partial charge < -0.3 is 20.1 Å². The first-order valence-electron chi connectivity index (χ1n) is 8.20. The van der Waals surface area contributed by atoms with Gasteiger partial charge in [-0.15, -0.1) is 0 Å². The van der Waals surface area contributed by atoms with Crippen molar-refractivity contribution < 1.29 is 9.47 Å². The summed E-state index contributed by atoms with van der Waals surface area (Å²) >= 11 is 0. The molecule has 0 saturated carbocycles. The highest BCUT2D eigenvalue weighted by Gasteiger charge is 2.12. The van der Waals surface area contributed by atoms with Crippen molar-refractivity contribution in [3.05, 3.63) is 45.4 Å². The van der Waals surface area contributed by atoms with Gasteiger partial charge in [-0.2, -0.15) is 0 Å². The Labute approximate surface area is 147 Å². The van der Waals surface area contributed by atoms with E-state index in [1.54, 1.807) is 14.0 Å². The van der Waals surface area contributed by atoms with Gasteiger partial charge >= 0.3 is 0 Å². The lowest BCUT2D eigenvalue weighted by Crippen LogP contribution is -2.19. The van der Waals surface area contributed by atoms with Gasteiger partial charge in [0.1, 0.15) is 11.5 Å². The molecule has 2 aromatic rings. The number of hydrogen-bond donors (Lipinski definition) is 2. The second-order valence-electron chi connectivity index (χ2n) is 6.17. The van der Waals surface area contributed by atoms with E-state index in [4.69, 9.17) is 15.2 Å². The van der Waals surface area contributed by atoms with E-state index >= 15 is 0 Å². The lowest BCUT2D eigenvalue weighted by Gasteiger charge is -2.13. The maximum atomic E-state index is 12.1. The number of aromatic amines is 1. The quantitative estimate of drug-likeness (QED) is 0.705. The number of H-pyrrole nitrogens is 1. The summed E-state index contributed by atoms with van der Waals surface area (Å²) < 4.78 is 11.2. The topological polar surface area (TPSA) is 93.5 Å². The number of rotatable bonds is 8. The highest BCUT2D eigenvalue weighted by Crippen LogP contribution is 2.26. The zero-order valence-corrected chi connectivity index (χ0v) is 15.3. The summed E-state index contributed by atoms with van der Waals surface area (Å²) in [7, 11) is 5.67. The van der Waals surface area contributed by atoms with E-state index in [2.05, 4.69) is 14.9 Å². The number of nitrogens with zero attached hydrogens (tertiary/aromatic N) is 2. The van der Waals surface area contributed by atoms with E-state index in [0.717, 1.165) is 24.3 Å². The molecule has 0 radical (unpaired) electrons. The lowest BCUT2D eigenvalue weighted by atomic mass is 10.0. The van der Waals surface area contributed by atoms with Crippen molar-refractivity contribution >= 4 is 5.95 Å². The molecule has 25 heavy (non-hydrogen) atoms. The molecule has 0 aliphatic heterocycles. The molecule has 1 aromatic heterocycles. The fourth-order valence-corrected chi connectivity index (χ4v) is 2.56. The third kappa shape index (κ3) is 5.22. The van der Waals surface area contributed by atoms with E-state index in [9.17, 15) is 4.79 Å². The molecule has 7 heteroatoms. The number of nitrogens with two attached hydrogens (primary N) is 1. The van der Waals surface area contributed by atoms with E-state index in [0.29, 0.717) is 30.0 Å². The minimum absolute atomic E-state index is 0.125. The van der Waals surface area contributed by atoms with Crippen molar-refractivity contribution in [1.82, 2.24) is 14.9 Å². The van der Waals surface area contributed by atoms with Crippen LogP contribution in [0.1, 0.15) is 23.2 Å². The fraction of sp³-hybridized carbons (Fsp3) is 0.444. The Morgan fingerprint density at radius 1 is 1.32 bits per heavy atom. The Morgan fingerprint density at radius 3 is 2.72 bits per heavy atom. The van der Waals surface area contributed by atoms with Crippen LogP contribution in [0.5, 0.6) is 11.5 Å². The maximum absolute atomic E-state index is 12.1. The molecule has 0 aliphatic carbocycles. The molecular weight excluding hydrogens is 320 g/mol. The van der Waals surface area contributed by atoms with E-state index in [1.165, 1.54) is 0 Å². The van der Waals surface area contributed by atoms with Crippen molar-refractivity contribution in [2.75, 3.05) is 40.1 Å². The van der Waals surface area contributed by atoms with Crippen LogP contribution in [0.3, 0.4) is 0 Å². The highest BCUT2D eigenvalue weighted by molar-refractivity contribution is 5.43. The minimum Gasteiger partial charge on any atom is -0.496 e. The maximum Gasteiger partial charge on any atom is 0.256 e. The van der Waals surface area contributed by atoms with E-state index in [-0.39, 0.29) is 11.5 Å². The fourth-order valence-electron chi connectivity index (χ4n) is 2.56. The Bertz CT molecular complexity index is 771. The van der Waals surface area contributed by atoms with Crippen LogP contribution in [0.25, 0.3) is 0 Å². The van der Waals surface area contributed by atoms with E-state index in [1.807, 2.05) is 32.3 Å². The molecule has 0 spiro atoms. The molecule has 7 nitrogen and oxygen atoms in total. The first-order chi connectivity index (χ1) is 11.9. The third-order valence-electron chi connectivity index (χ3n) is 3.88. The second-order valence-corrected chi connectivity index (χ2v) is 6.17. The number of methoxy groups -OCH3 is 1. The Balaban J connectivity index is 2.13. The number of aryl methyl sites for hydroxylation is 1. The van der Waals surface area contributed by atoms with Gasteiger partial charge in [-0.05, 0) is 39.1 Å². The summed E-state index contributed by atoms with van der Waals surface area (Å²) in [4.78, 5) is 20.9. The number of nitrogens with one attached hydrogen (secondary N) is 1. The summed E-state index contributed by atoms with van der Waals surface area (Å²) in [6.07, 6.45) is 1.36. The molecular formula is C18H26N4O3. The average molecular weight is 346 g/mol. The summed E-state index contributed by atoms with van der Waals surface area (Å²) in [5, 5.41) is 0. The van der Waals surface area contributed by atoms with Crippen LogP contribution < -0.4 is 20.8 Å². The Hall–Kier alpha value is -2.54. The molecule has 1 heterocycles. The van der Waals surface area contributed by atoms with Crippen LogP contribution in [0.4, 0.5) is 5.95 Å². The molecule has 0 amide bonds. The number of aromatic nitrogens is 2. The molecule has 0 unspecified atom stereocenters. The summed E-state index contributed by atoms with van der Waals surface area (Å²) in [5.41, 5.74) is 7.42. The number of hydrogen-bond acceptors (Lipinski definition) is 6. The zero-order chi connectivity index (χ0) is 18.4. The van der Waals surface area contributed by atoms with Crippen LogP contribution in [0, 0.1) is 6.92 Å². The van der Waals surface area contributed by atoms with Crippen LogP contribution in [0.2, 0.25) is 0 Å². The van der Waals surface area contributed by atoms with Gasteiger partial charge in [0.25, 0.3) is 5.56 Å². The highest BCUT2D eigenvalue weighted by atomic mass is 16.5. The van der Waals surface area contributed by atoms with Crippen LogP contribution in [0.15, 0.2) is 23.0 Å². The van der Waals surface area contributed by atoms with Gasteiger partial charge in [-0.1, -0.05) is 6.07 Å².